The van der Waals surface area contributed by atoms with Gasteiger partial charge in [-0.25, -0.2) is 4.68 Å². The fourth-order valence-electron chi connectivity index (χ4n) is 1.75. The Labute approximate surface area is 103 Å². The number of hydrogen-bond acceptors (Lipinski definition) is 3. The highest BCUT2D eigenvalue weighted by molar-refractivity contribution is 6.16. The van der Waals surface area contributed by atoms with Gasteiger partial charge in [0.25, 0.3) is 0 Å². The van der Waals surface area contributed by atoms with Gasteiger partial charge < -0.3 is 0 Å². The van der Waals surface area contributed by atoms with E-state index in [-0.39, 0.29) is 0 Å². The van der Waals surface area contributed by atoms with Crippen molar-refractivity contribution < 1.29 is 0 Å². The second-order valence-electron chi connectivity index (χ2n) is 3.64. The van der Waals surface area contributed by atoms with Crippen molar-refractivity contribution in [3.8, 4) is 5.69 Å². The van der Waals surface area contributed by atoms with Gasteiger partial charge in [-0.2, -0.15) is 0 Å². The van der Waals surface area contributed by atoms with Crippen molar-refractivity contribution in [1.82, 2.24) is 20.0 Å². The van der Waals surface area contributed by atoms with Crippen molar-refractivity contribution in [2.45, 2.75) is 5.88 Å². The van der Waals surface area contributed by atoms with Gasteiger partial charge >= 0.3 is 0 Å². The maximum atomic E-state index is 5.71. The van der Waals surface area contributed by atoms with E-state index >= 15 is 0 Å². The van der Waals surface area contributed by atoms with Crippen LogP contribution in [0.25, 0.3) is 16.6 Å². The molecule has 3 rings (SSSR count). The molecule has 2 heterocycles. The van der Waals surface area contributed by atoms with E-state index in [0.717, 1.165) is 22.3 Å². The van der Waals surface area contributed by atoms with Crippen LogP contribution in [0.2, 0.25) is 0 Å². The Bertz CT molecular complexity index is 657. The molecule has 2 aromatic heterocycles. The van der Waals surface area contributed by atoms with Gasteiger partial charge in [0.1, 0.15) is 0 Å². The third-order valence-electron chi connectivity index (χ3n) is 2.54. The number of alkyl halides is 1. The van der Waals surface area contributed by atoms with Gasteiger partial charge in [0.2, 0.25) is 0 Å². The van der Waals surface area contributed by atoms with E-state index in [1.54, 1.807) is 10.9 Å². The lowest BCUT2D eigenvalue weighted by Crippen LogP contribution is -1.97. The lowest BCUT2D eigenvalue weighted by Gasteiger charge is -2.03. The highest BCUT2D eigenvalue weighted by Gasteiger charge is 2.06. The Balaban J connectivity index is 2.23. The lowest BCUT2D eigenvalue weighted by molar-refractivity contribution is 0.803. The summed E-state index contributed by atoms with van der Waals surface area (Å²) in [5.41, 5.74) is 2.56. The summed E-state index contributed by atoms with van der Waals surface area (Å²) in [5, 5.41) is 9.10. The van der Waals surface area contributed by atoms with Crippen LogP contribution >= 0.6 is 11.6 Å². The zero-order valence-electron chi connectivity index (χ0n) is 8.92. The smallest absolute Gasteiger partial charge is 0.0979 e. The monoisotopic (exact) mass is 244 g/mol. The molecule has 0 aliphatic heterocycles. The second kappa shape index (κ2) is 4.14. The van der Waals surface area contributed by atoms with E-state index in [4.69, 9.17) is 11.6 Å². The van der Waals surface area contributed by atoms with E-state index < -0.39 is 0 Å². The molecule has 0 atom stereocenters. The summed E-state index contributed by atoms with van der Waals surface area (Å²) in [6.45, 7) is 0. The Kier molecular flexibility index (Phi) is 2.49. The number of benzene rings is 1. The third-order valence-corrected chi connectivity index (χ3v) is 2.81. The summed E-state index contributed by atoms with van der Waals surface area (Å²) in [7, 11) is 0. The molecule has 0 N–H and O–H groups in total. The third kappa shape index (κ3) is 1.76. The highest BCUT2D eigenvalue weighted by Crippen LogP contribution is 2.19. The van der Waals surface area contributed by atoms with E-state index in [9.17, 15) is 0 Å². The quantitative estimate of drug-likeness (QED) is 0.651. The zero-order chi connectivity index (χ0) is 11.7. The summed E-state index contributed by atoms with van der Waals surface area (Å²) in [6.07, 6.45) is 3.58. The van der Waals surface area contributed by atoms with Gasteiger partial charge in [-0.1, -0.05) is 23.4 Å². The zero-order valence-corrected chi connectivity index (χ0v) is 9.67. The van der Waals surface area contributed by atoms with Gasteiger partial charge in [-0.15, -0.1) is 16.7 Å². The van der Waals surface area contributed by atoms with E-state index in [2.05, 4.69) is 15.3 Å². The number of rotatable bonds is 2. The average Bonchev–Trinajstić information content (AvgIpc) is 2.87. The van der Waals surface area contributed by atoms with Crippen molar-refractivity contribution in [2.24, 2.45) is 0 Å². The number of aromatic nitrogens is 4. The molecule has 0 saturated carbocycles. The van der Waals surface area contributed by atoms with Crippen molar-refractivity contribution in [2.75, 3.05) is 0 Å². The predicted molar refractivity (Wildman–Crippen MR) is 66.2 cm³/mol. The molecule has 0 radical (unpaired) electrons. The van der Waals surface area contributed by atoms with Crippen LogP contribution in [-0.4, -0.2) is 20.0 Å². The second-order valence-corrected chi connectivity index (χ2v) is 3.91. The molecular formula is C12H9ClN4. The number of fused-ring (bicyclic) bond motifs is 1. The molecule has 0 fully saturated rings. The first-order chi connectivity index (χ1) is 8.38. The molecule has 84 valence electrons. The van der Waals surface area contributed by atoms with Gasteiger partial charge in [0, 0.05) is 11.6 Å². The van der Waals surface area contributed by atoms with E-state index in [1.807, 2.05) is 36.5 Å². The Morgan fingerprint density at radius 1 is 1.18 bits per heavy atom. The van der Waals surface area contributed by atoms with Gasteiger partial charge in [-0.05, 0) is 12.1 Å². The van der Waals surface area contributed by atoms with Gasteiger partial charge in [0.05, 0.1) is 29.0 Å². The Hall–Kier alpha value is -1.94. The average molecular weight is 245 g/mol. The molecule has 0 aliphatic carbocycles. The van der Waals surface area contributed by atoms with Crippen LogP contribution in [0.5, 0.6) is 0 Å². The number of pyridine rings is 1. The first kappa shape index (κ1) is 10.2. The molecule has 0 aliphatic rings. The number of halogens is 1. The Morgan fingerprint density at radius 2 is 2.06 bits per heavy atom. The summed E-state index contributed by atoms with van der Waals surface area (Å²) in [4.78, 5) is 4.37. The van der Waals surface area contributed by atoms with Crippen molar-refractivity contribution in [3.05, 3.63) is 48.4 Å². The fourth-order valence-corrected chi connectivity index (χ4v) is 1.87. The SMILES string of the molecule is ClCc1cn(-c2cccc3cccnc23)nn1. The van der Waals surface area contributed by atoms with Crippen LogP contribution in [0.3, 0.4) is 0 Å². The molecular weight excluding hydrogens is 236 g/mol. The van der Waals surface area contributed by atoms with Crippen molar-refractivity contribution in [1.29, 1.82) is 0 Å². The number of nitrogens with zero attached hydrogens (tertiary/aromatic N) is 4. The normalized spacial score (nSPS) is 10.9. The molecule has 0 amide bonds. The largest absolute Gasteiger partial charge is 0.254 e. The molecule has 4 nitrogen and oxygen atoms in total. The van der Waals surface area contributed by atoms with Crippen molar-refractivity contribution in [3.63, 3.8) is 0 Å². The molecule has 1 aromatic carbocycles. The standard InChI is InChI=1S/C12H9ClN4/c13-7-10-8-17(16-15-10)11-5-1-3-9-4-2-6-14-12(9)11/h1-6,8H,7H2. The molecule has 17 heavy (non-hydrogen) atoms. The maximum Gasteiger partial charge on any atom is 0.0979 e. The molecule has 3 aromatic rings. The van der Waals surface area contributed by atoms with Crippen LogP contribution in [0, 0.1) is 0 Å². The van der Waals surface area contributed by atoms with Crippen LogP contribution in [-0.2, 0) is 5.88 Å². The topological polar surface area (TPSA) is 43.6 Å². The van der Waals surface area contributed by atoms with Gasteiger partial charge in [-0.3, -0.25) is 4.98 Å². The van der Waals surface area contributed by atoms with Crippen molar-refractivity contribution >= 4 is 22.5 Å². The van der Waals surface area contributed by atoms with Gasteiger partial charge in [0.15, 0.2) is 0 Å². The molecule has 0 unspecified atom stereocenters. The first-order valence-electron chi connectivity index (χ1n) is 5.20. The van der Waals surface area contributed by atoms with E-state index in [0.29, 0.717) is 5.88 Å². The molecule has 0 bridgehead atoms. The first-order valence-corrected chi connectivity index (χ1v) is 5.73. The lowest BCUT2D eigenvalue weighted by atomic mass is 10.2. The minimum Gasteiger partial charge on any atom is -0.254 e. The number of para-hydroxylation sites is 1. The maximum absolute atomic E-state index is 5.71. The van der Waals surface area contributed by atoms with Crippen LogP contribution in [0.15, 0.2) is 42.7 Å². The Morgan fingerprint density at radius 3 is 2.88 bits per heavy atom. The molecule has 0 spiro atoms. The minimum atomic E-state index is 0.359. The summed E-state index contributed by atoms with van der Waals surface area (Å²) in [5.74, 6) is 0.359. The molecule has 5 heteroatoms. The highest BCUT2D eigenvalue weighted by atomic mass is 35.5. The van der Waals surface area contributed by atoms with Crippen LogP contribution < -0.4 is 0 Å². The van der Waals surface area contributed by atoms with E-state index in [1.165, 1.54) is 0 Å². The summed E-state index contributed by atoms with van der Waals surface area (Å²) >= 11 is 5.71. The minimum absolute atomic E-state index is 0.359. The summed E-state index contributed by atoms with van der Waals surface area (Å²) in [6, 6.07) is 9.89. The van der Waals surface area contributed by atoms with Crippen LogP contribution in [0.4, 0.5) is 0 Å². The summed E-state index contributed by atoms with van der Waals surface area (Å²) < 4.78 is 1.70. The van der Waals surface area contributed by atoms with Crippen LogP contribution in [0.1, 0.15) is 5.69 Å². The predicted octanol–water partition coefficient (Wildman–Crippen LogP) is 2.55. The fraction of sp³-hybridized carbons (Fsp3) is 0.0833. The number of hydrogen-bond donors (Lipinski definition) is 0. The molecule has 0 saturated heterocycles.